The second-order valence-electron chi connectivity index (χ2n) is 4.77. The molecule has 0 bridgehead atoms. The van der Waals surface area contributed by atoms with Gasteiger partial charge in [-0.05, 0) is 23.6 Å². The predicted octanol–water partition coefficient (Wildman–Crippen LogP) is 2.78. The molecule has 2 heterocycles. The zero-order valence-corrected chi connectivity index (χ0v) is 12.2. The molecule has 3 rings (SSSR count). The van der Waals surface area contributed by atoms with Gasteiger partial charge in [0.2, 0.25) is 0 Å². The molecule has 1 aliphatic rings. The Morgan fingerprint density at radius 2 is 2.00 bits per heavy atom. The first-order chi connectivity index (χ1) is 9.84. The number of benzene rings is 1. The lowest BCUT2D eigenvalue weighted by Crippen LogP contribution is -2.36. The van der Waals surface area contributed by atoms with Gasteiger partial charge in [-0.2, -0.15) is 0 Å². The van der Waals surface area contributed by atoms with Gasteiger partial charge in [0, 0.05) is 23.7 Å². The van der Waals surface area contributed by atoms with Crippen molar-refractivity contribution in [3.8, 4) is 0 Å². The molecule has 0 atom stereocenters. The highest BCUT2D eigenvalue weighted by Gasteiger charge is 2.14. The molecule has 0 aliphatic carbocycles. The Labute approximate surface area is 123 Å². The Morgan fingerprint density at radius 1 is 1.20 bits per heavy atom. The van der Waals surface area contributed by atoms with Crippen LogP contribution in [0.4, 0.5) is 17.1 Å². The van der Waals surface area contributed by atoms with Crippen molar-refractivity contribution in [1.29, 1.82) is 0 Å². The quantitative estimate of drug-likeness (QED) is 0.908. The van der Waals surface area contributed by atoms with Crippen LogP contribution in [-0.2, 0) is 11.3 Å². The molecule has 1 aromatic carbocycles. The van der Waals surface area contributed by atoms with Crippen molar-refractivity contribution < 1.29 is 4.74 Å². The Balaban J connectivity index is 1.74. The fourth-order valence-electron chi connectivity index (χ4n) is 2.37. The molecule has 1 saturated heterocycles. The largest absolute Gasteiger partial charge is 0.398 e. The van der Waals surface area contributed by atoms with Crippen LogP contribution in [0.15, 0.2) is 35.7 Å². The predicted molar refractivity (Wildman–Crippen MR) is 85.5 cm³/mol. The molecule has 0 spiro atoms. The van der Waals surface area contributed by atoms with Gasteiger partial charge in [-0.3, -0.25) is 0 Å². The number of nitrogens with two attached hydrogens (primary N) is 1. The van der Waals surface area contributed by atoms with Crippen molar-refractivity contribution in [3.63, 3.8) is 0 Å². The maximum atomic E-state index is 5.93. The van der Waals surface area contributed by atoms with Gasteiger partial charge in [-0.15, -0.1) is 11.3 Å². The van der Waals surface area contributed by atoms with E-state index in [2.05, 4.69) is 34.5 Å². The zero-order chi connectivity index (χ0) is 13.8. The summed E-state index contributed by atoms with van der Waals surface area (Å²) in [5.74, 6) is 0. The van der Waals surface area contributed by atoms with Gasteiger partial charge in [-0.25, -0.2) is 0 Å². The molecule has 1 aromatic heterocycles. The lowest BCUT2D eigenvalue weighted by molar-refractivity contribution is 0.123. The highest BCUT2D eigenvalue weighted by atomic mass is 32.1. The number of thiophene rings is 1. The maximum absolute atomic E-state index is 5.93. The van der Waals surface area contributed by atoms with E-state index in [0.29, 0.717) is 0 Å². The second-order valence-corrected chi connectivity index (χ2v) is 5.77. The molecule has 20 heavy (non-hydrogen) atoms. The topological polar surface area (TPSA) is 50.5 Å². The van der Waals surface area contributed by atoms with Crippen molar-refractivity contribution in [3.05, 3.63) is 40.6 Å². The number of hydrogen-bond donors (Lipinski definition) is 2. The van der Waals surface area contributed by atoms with E-state index in [1.54, 1.807) is 11.3 Å². The van der Waals surface area contributed by atoms with Crippen molar-refractivity contribution in [2.75, 3.05) is 42.3 Å². The average molecular weight is 289 g/mol. The van der Waals surface area contributed by atoms with E-state index in [9.17, 15) is 0 Å². The maximum Gasteiger partial charge on any atom is 0.0642 e. The summed E-state index contributed by atoms with van der Waals surface area (Å²) in [5.41, 5.74) is 9.19. The van der Waals surface area contributed by atoms with E-state index in [0.717, 1.165) is 44.2 Å². The Bertz CT molecular complexity index is 564. The molecule has 4 nitrogen and oxygen atoms in total. The third-order valence-electron chi connectivity index (χ3n) is 3.48. The van der Waals surface area contributed by atoms with Crippen molar-refractivity contribution in [2.45, 2.75) is 6.54 Å². The molecular formula is C15H19N3OS. The molecule has 0 radical (unpaired) electrons. The average Bonchev–Trinajstić information content (AvgIpc) is 2.92. The van der Waals surface area contributed by atoms with Crippen LogP contribution in [0.25, 0.3) is 0 Å². The summed E-state index contributed by atoms with van der Waals surface area (Å²) >= 11 is 1.69. The smallest absolute Gasteiger partial charge is 0.0642 e. The van der Waals surface area contributed by atoms with E-state index < -0.39 is 0 Å². The molecule has 5 heteroatoms. The molecule has 2 aromatic rings. The van der Waals surface area contributed by atoms with Crippen LogP contribution >= 0.6 is 11.3 Å². The third-order valence-corrected chi connectivity index (χ3v) is 4.41. The van der Waals surface area contributed by atoms with Crippen LogP contribution in [0, 0.1) is 0 Å². The van der Waals surface area contributed by atoms with Crippen LogP contribution in [0.1, 0.15) is 4.88 Å². The van der Waals surface area contributed by atoms with Gasteiger partial charge in [0.1, 0.15) is 0 Å². The van der Waals surface area contributed by atoms with Crippen LogP contribution in [0.2, 0.25) is 0 Å². The fraction of sp³-hybridized carbons (Fsp3) is 0.333. The van der Waals surface area contributed by atoms with Gasteiger partial charge >= 0.3 is 0 Å². The molecule has 0 amide bonds. The first-order valence-electron chi connectivity index (χ1n) is 6.82. The van der Waals surface area contributed by atoms with Gasteiger partial charge in [0.05, 0.1) is 31.1 Å². The Hall–Kier alpha value is -1.72. The summed E-state index contributed by atoms with van der Waals surface area (Å²) in [6.45, 7) is 4.25. The SMILES string of the molecule is Nc1ccsc1CNc1ccccc1N1CCOCC1. The van der Waals surface area contributed by atoms with Gasteiger partial charge in [0.15, 0.2) is 0 Å². The Morgan fingerprint density at radius 3 is 2.75 bits per heavy atom. The summed E-state index contributed by atoms with van der Waals surface area (Å²) in [5, 5.41) is 5.53. The highest BCUT2D eigenvalue weighted by Crippen LogP contribution is 2.28. The first kappa shape index (κ1) is 13.3. The van der Waals surface area contributed by atoms with Crippen LogP contribution in [-0.4, -0.2) is 26.3 Å². The van der Waals surface area contributed by atoms with Crippen LogP contribution in [0.3, 0.4) is 0 Å². The minimum absolute atomic E-state index is 0.769. The van der Waals surface area contributed by atoms with Gasteiger partial charge in [0.25, 0.3) is 0 Å². The summed E-state index contributed by atoms with van der Waals surface area (Å²) in [6, 6.07) is 10.4. The number of nitrogens with one attached hydrogen (secondary N) is 1. The van der Waals surface area contributed by atoms with Crippen molar-refractivity contribution in [1.82, 2.24) is 0 Å². The second kappa shape index (κ2) is 6.15. The van der Waals surface area contributed by atoms with E-state index >= 15 is 0 Å². The van der Waals surface area contributed by atoms with E-state index in [4.69, 9.17) is 10.5 Å². The number of nitrogen functional groups attached to an aromatic ring is 1. The van der Waals surface area contributed by atoms with E-state index in [-0.39, 0.29) is 0 Å². The minimum atomic E-state index is 0.769. The summed E-state index contributed by atoms with van der Waals surface area (Å²) in [4.78, 5) is 3.55. The fourth-order valence-corrected chi connectivity index (χ4v) is 3.11. The summed E-state index contributed by atoms with van der Waals surface area (Å²) in [6.07, 6.45) is 0. The van der Waals surface area contributed by atoms with Gasteiger partial charge < -0.3 is 20.7 Å². The van der Waals surface area contributed by atoms with Gasteiger partial charge in [-0.1, -0.05) is 12.1 Å². The molecule has 1 fully saturated rings. The number of rotatable bonds is 4. The molecule has 0 saturated carbocycles. The molecule has 0 unspecified atom stereocenters. The number of ether oxygens (including phenoxy) is 1. The summed E-state index contributed by atoms with van der Waals surface area (Å²) < 4.78 is 5.42. The highest BCUT2D eigenvalue weighted by molar-refractivity contribution is 7.10. The third kappa shape index (κ3) is 2.89. The normalized spacial score (nSPS) is 15.3. The number of morpholine rings is 1. The van der Waals surface area contributed by atoms with Crippen LogP contribution < -0.4 is 16.0 Å². The number of hydrogen-bond acceptors (Lipinski definition) is 5. The standard InChI is InChI=1S/C15H19N3OS/c16-12-5-10-20-15(12)11-17-13-3-1-2-4-14(13)18-6-8-19-9-7-18/h1-5,10,17H,6-9,11,16H2. The molecule has 3 N–H and O–H groups in total. The monoisotopic (exact) mass is 289 g/mol. The lowest BCUT2D eigenvalue weighted by Gasteiger charge is -2.30. The molecule has 106 valence electrons. The van der Waals surface area contributed by atoms with Crippen molar-refractivity contribution >= 4 is 28.4 Å². The lowest BCUT2D eigenvalue weighted by atomic mass is 10.2. The first-order valence-corrected chi connectivity index (χ1v) is 7.70. The zero-order valence-electron chi connectivity index (χ0n) is 11.3. The number of anilines is 3. The Kier molecular flexibility index (Phi) is 4.08. The van der Waals surface area contributed by atoms with E-state index in [1.165, 1.54) is 10.6 Å². The van der Waals surface area contributed by atoms with Crippen LogP contribution in [0.5, 0.6) is 0 Å². The minimum Gasteiger partial charge on any atom is -0.398 e. The van der Waals surface area contributed by atoms with Crippen molar-refractivity contribution in [2.24, 2.45) is 0 Å². The molecular weight excluding hydrogens is 270 g/mol. The number of nitrogens with zero attached hydrogens (tertiary/aromatic N) is 1. The number of para-hydroxylation sites is 2. The summed E-state index contributed by atoms with van der Waals surface area (Å²) in [7, 11) is 0. The molecule has 1 aliphatic heterocycles. The van der Waals surface area contributed by atoms with E-state index in [1.807, 2.05) is 11.4 Å².